The number of nitrogens with zero attached hydrogens (tertiary/aromatic N) is 1. The predicted octanol–water partition coefficient (Wildman–Crippen LogP) is 2.62. The van der Waals surface area contributed by atoms with Crippen LogP contribution in [0.2, 0.25) is 5.02 Å². The molecule has 1 heterocycles. The molecule has 2 N–H and O–H groups in total. The first kappa shape index (κ1) is 17.0. The van der Waals surface area contributed by atoms with Crippen LogP contribution in [0.25, 0.3) is 0 Å². The average molecular weight is 365 g/mol. The van der Waals surface area contributed by atoms with Crippen molar-refractivity contribution in [1.82, 2.24) is 0 Å². The number of halogens is 1. The normalized spacial score (nSPS) is 14.3. The van der Waals surface area contributed by atoms with Gasteiger partial charge >= 0.3 is 0 Å². The van der Waals surface area contributed by atoms with Gasteiger partial charge in [0.05, 0.1) is 11.6 Å². The highest BCUT2D eigenvalue weighted by Gasteiger charge is 2.21. The van der Waals surface area contributed by atoms with E-state index in [1.54, 1.807) is 0 Å². The van der Waals surface area contributed by atoms with E-state index in [0.717, 1.165) is 25.1 Å². The molecule has 3 rings (SSSR count). The van der Waals surface area contributed by atoms with Crippen molar-refractivity contribution in [3.05, 3.63) is 58.6 Å². The van der Waals surface area contributed by atoms with Gasteiger partial charge in [-0.3, -0.25) is 4.79 Å². The molecule has 0 bridgehead atoms. The first-order valence-corrected chi connectivity index (χ1v) is 9.47. The van der Waals surface area contributed by atoms with Crippen molar-refractivity contribution in [3.63, 3.8) is 0 Å². The molecule has 1 aliphatic rings. The van der Waals surface area contributed by atoms with Crippen LogP contribution < -0.4 is 10.0 Å². The zero-order valence-electron chi connectivity index (χ0n) is 12.9. The second kappa shape index (κ2) is 6.55. The lowest BCUT2D eigenvalue weighted by Crippen LogP contribution is -2.34. The first-order chi connectivity index (χ1) is 11.4. The molecule has 24 heavy (non-hydrogen) atoms. The molecule has 126 valence electrons. The standard InChI is InChI=1S/C17H17ClN2O3S/c18-14-8-7-13(10-17(14)24(19,22)23)16(21)11-20-9-3-5-12-4-1-2-6-15(12)20/h1-2,4,6-8,10H,3,5,9,11H2,(H2,19,22,23). The number of benzene rings is 2. The number of para-hydroxylation sites is 1. The summed E-state index contributed by atoms with van der Waals surface area (Å²) in [6, 6.07) is 12.2. The summed E-state index contributed by atoms with van der Waals surface area (Å²) in [5, 5.41) is 5.15. The minimum absolute atomic E-state index is 0.0115. The third-order valence-corrected chi connectivity index (χ3v) is 5.49. The molecule has 1 aliphatic heterocycles. The van der Waals surface area contributed by atoms with Crippen molar-refractivity contribution in [2.75, 3.05) is 18.0 Å². The molecule has 2 aromatic rings. The van der Waals surface area contributed by atoms with E-state index in [2.05, 4.69) is 6.07 Å². The van der Waals surface area contributed by atoms with Gasteiger partial charge in [-0.05, 0) is 42.7 Å². The number of nitrogens with two attached hydrogens (primary N) is 1. The summed E-state index contributed by atoms with van der Waals surface area (Å²) in [5.41, 5.74) is 2.56. The van der Waals surface area contributed by atoms with Crippen LogP contribution in [0.3, 0.4) is 0 Å². The predicted molar refractivity (Wildman–Crippen MR) is 94.1 cm³/mol. The fourth-order valence-electron chi connectivity index (χ4n) is 2.94. The van der Waals surface area contributed by atoms with Crippen molar-refractivity contribution in [1.29, 1.82) is 0 Å². The van der Waals surface area contributed by atoms with Gasteiger partial charge in [-0.25, -0.2) is 13.6 Å². The molecule has 0 saturated heterocycles. The van der Waals surface area contributed by atoms with Crippen molar-refractivity contribution in [2.45, 2.75) is 17.7 Å². The van der Waals surface area contributed by atoms with E-state index in [-0.39, 0.29) is 27.8 Å². The molecule has 0 aliphatic carbocycles. The smallest absolute Gasteiger partial charge is 0.239 e. The Morgan fingerprint density at radius 2 is 1.96 bits per heavy atom. The quantitative estimate of drug-likeness (QED) is 0.845. The average Bonchev–Trinajstić information content (AvgIpc) is 2.54. The molecular weight excluding hydrogens is 348 g/mol. The van der Waals surface area contributed by atoms with Crippen LogP contribution in [-0.2, 0) is 16.4 Å². The lowest BCUT2D eigenvalue weighted by molar-refractivity contribution is 0.0998. The maximum absolute atomic E-state index is 12.6. The van der Waals surface area contributed by atoms with Crippen LogP contribution in [0.5, 0.6) is 0 Å². The minimum Gasteiger partial charge on any atom is -0.364 e. The molecule has 5 nitrogen and oxygen atoms in total. The Hall–Kier alpha value is -1.89. The van der Waals surface area contributed by atoms with Crippen molar-refractivity contribution < 1.29 is 13.2 Å². The fraction of sp³-hybridized carbons (Fsp3) is 0.235. The van der Waals surface area contributed by atoms with E-state index in [1.165, 1.54) is 23.8 Å². The molecule has 0 saturated carbocycles. The second-order valence-electron chi connectivity index (χ2n) is 5.77. The van der Waals surface area contributed by atoms with E-state index < -0.39 is 10.0 Å². The van der Waals surface area contributed by atoms with Gasteiger partial charge in [0.15, 0.2) is 5.78 Å². The molecular formula is C17H17ClN2O3S. The zero-order valence-corrected chi connectivity index (χ0v) is 14.5. The van der Waals surface area contributed by atoms with E-state index in [9.17, 15) is 13.2 Å². The SMILES string of the molecule is NS(=O)(=O)c1cc(C(=O)CN2CCCc3ccccc32)ccc1Cl. The number of hydrogen-bond acceptors (Lipinski definition) is 4. The first-order valence-electron chi connectivity index (χ1n) is 7.54. The second-order valence-corrected chi connectivity index (χ2v) is 7.70. The number of Topliss-reactive ketones (excluding diaryl/α,β-unsaturated/α-hetero) is 1. The van der Waals surface area contributed by atoms with Gasteiger partial charge < -0.3 is 4.90 Å². The number of ketones is 1. The molecule has 0 unspecified atom stereocenters. The molecule has 0 radical (unpaired) electrons. The van der Waals surface area contributed by atoms with Crippen LogP contribution >= 0.6 is 11.6 Å². The number of rotatable bonds is 4. The highest BCUT2D eigenvalue weighted by Crippen LogP contribution is 2.27. The Morgan fingerprint density at radius 3 is 2.71 bits per heavy atom. The van der Waals surface area contributed by atoms with E-state index in [4.69, 9.17) is 16.7 Å². The number of primary sulfonamides is 1. The number of carbonyl (C=O) groups is 1. The van der Waals surface area contributed by atoms with Crippen LogP contribution in [0.1, 0.15) is 22.3 Å². The zero-order chi connectivity index (χ0) is 17.3. The number of aryl methyl sites for hydroxylation is 1. The number of fused-ring (bicyclic) bond motifs is 1. The van der Waals surface area contributed by atoms with Crippen LogP contribution in [0, 0.1) is 0 Å². The summed E-state index contributed by atoms with van der Waals surface area (Å²) in [4.78, 5) is 14.4. The van der Waals surface area contributed by atoms with Gasteiger partial charge in [-0.15, -0.1) is 0 Å². The minimum atomic E-state index is -3.97. The van der Waals surface area contributed by atoms with E-state index >= 15 is 0 Å². The highest BCUT2D eigenvalue weighted by atomic mass is 35.5. The summed E-state index contributed by atoms with van der Waals surface area (Å²) >= 11 is 5.86. The van der Waals surface area contributed by atoms with Crippen LogP contribution in [-0.4, -0.2) is 27.3 Å². The third-order valence-electron chi connectivity index (χ3n) is 4.10. The van der Waals surface area contributed by atoms with Gasteiger partial charge in [0.25, 0.3) is 0 Å². The molecule has 2 aromatic carbocycles. The molecule has 0 amide bonds. The lowest BCUT2D eigenvalue weighted by atomic mass is 10.0. The Kier molecular flexibility index (Phi) is 4.62. The largest absolute Gasteiger partial charge is 0.364 e. The van der Waals surface area contributed by atoms with E-state index in [1.807, 2.05) is 23.1 Å². The van der Waals surface area contributed by atoms with Gasteiger partial charge in [-0.2, -0.15) is 0 Å². The van der Waals surface area contributed by atoms with Gasteiger partial charge in [0, 0.05) is 17.8 Å². The molecule has 0 atom stereocenters. The molecule has 0 fully saturated rings. The van der Waals surface area contributed by atoms with E-state index in [0.29, 0.717) is 0 Å². The Balaban J connectivity index is 1.87. The molecule has 0 spiro atoms. The lowest BCUT2D eigenvalue weighted by Gasteiger charge is -2.30. The highest BCUT2D eigenvalue weighted by molar-refractivity contribution is 7.89. The molecule has 7 heteroatoms. The number of anilines is 1. The Bertz CT molecular complexity index is 896. The van der Waals surface area contributed by atoms with Gasteiger partial charge in [0.1, 0.15) is 4.90 Å². The summed E-state index contributed by atoms with van der Waals surface area (Å²) in [7, 11) is -3.97. The third kappa shape index (κ3) is 3.45. The van der Waals surface area contributed by atoms with Crippen molar-refractivity contribution >= 4 is 33.1 Å². The summed E-state index contributed by atoms with van der Waals surface area (Å²) in [6.45, 7) is 0.973. The van der Waals surface area contributed by atoms with Crippen LogP contribution in [0.4, 0.5) is 5.69 Å². The monoisotopic (exact) mass is 364 g/mol. The molecule has 0 aromatic heterocycles. The summed E-state index contributed by atoms with van der Waals surface area (Å²) in [5.74, 6) is -0.173. The summed E-state index contributed by atoms with van der Waals surface area (Å²) in [6.07, 6.45) is 1.98. The Labute approximate surface area is 146 Å². The number of hydrogen-bond donors (Lipinski definition) is 1. The Morgan fingerprint density at radius 1 is 1.21 bits per heavy atom. The van der Waals surface area contributed by atoms with Crippen LogP contribution in [0.15, 0.2) is 47.4 Å². The fourth-order valence-corrected chi connectivity index (χ4v) is 4.01. The topological polar surface area (TPSA) is 80.5 Å². The van der Waals surface area contributed by atoms with Crippen molar-refractivity contribution in [2.24, 2.45) is 5.14 Å². The number of carbonyl (C=O) groups excluding carboxylic acids is 1. The maximum atomic E-state index is 12.6. The van der Waals surface area contributed by atoms with Crippen molar-refractivity contribution in [3.8, 4) is 0 Å². The summed E-state index contributed by atoms with van der Waals surface area (Å²) < 4.78 is 23.1. The number of sulfonamides is 1. The maximum Gasteiger partial charge on any atom is 0.239 e. The van der Waals surface area contributed by atoms with Gasteiger partial charge in [-0.1, -0.05) is 29.8 Å². The van der Waals surface area contributed by atoms with Gasteiger partial charge in [0.2, 0.25) is 10.0 Å².